The summed E-state index contributed by atoms with van der Waals surface area (Å²) in [6.45, 7) is 1.47. The number of ether oxygens (including phenoxy) is 1. The first kappa shape index (κ1) is 23.3. The summed E-state index contributed by atoms with van der Waals surface area (Å²) in [4.78, 5) is 12.2. The number of sulfone groups is 1. The van der Waals surface area contributed by atoms with Gasteiger partial charge in [-0.3, -0.25) is 4.79 Å². The molecule has 168 valence electrons. The molecule has 11 heteroatoms. The van der Waals surface area contributed by atoms with E-state index in [2.05, 4.69) is 5.32 Å². The third-order valence-corrected chi connectivity index (χ3v) is 8.44. The minimum Gasteiger partial charge on any atom is -0.379 e. The Kier molecular flexibility index (Phi) is 7.42. The smallest absolute Gasteiger partial charge is 0.243 e. The minimum absolute atomic E-state index is 0.0428. The molecule has 1 aliphatic rings. The maximum atomic E-state index is 12.9. The van der Waals surface area contributed by atoms with E-state index in [9.17, 15) is 26.0 Å². The van der Waals surface area contributed by atoms with Crippen LogP contribution in [0.1, 0.15) is 12.0 Å². The molecule has 0 aliphatic carbocycles. The van der Waals surface area contributed by atoms with Gasteiger partial charge in [0, 0.05) is 26.1 Å². The maximum Gasteiger partial charge on any atom is 0.243 e. The summed E-state index contributed by atoms with van der Waals surface area (Å²) in [5, 5.41) is 2.61. The number of carbonyl (C=O) groups excluding carboxylic acids is 1. The zero-order chi connectivity index (χ0) is 22.5. The van der Waals surface area contributed by atoms with Crippen molar-refractivity contribution in [3.63, 3.8) is 0 Å². The molecule has 1 heterocycles. The number of hydrogen-bond acceptors (Lipinski definition) is 6. The maximum absolute atomic E-state index is 12.9. The predicted molar refractivity (Wildman–Crippen MR) is 111 cm³/mol. The van der Waals surface area contributed by atoms with Crippen LogP contribution in [0, 0.1) is 5.82 Å². The number of nitrogens with one attached hydrogen (secondary N) is 1. The minimum atomic E-state index is -3.70. The van der Waals surface area contributed by atoms with E-state index in [1.165, 1.54) is 16.4 Å². The molecule has 0 radical (unpaired) electrons. The van der Waals surface area contributed by atoms with E-state index in [0.717, 1.165) is 24.3 Å². The summed E-state index contributed by atoms with van der Waals surface area (Å²) in [6.07, 6.45) is -0.247. The molecule has 2 aromatic rings. The molecule has 0 aromatic heterocycles. The van der Waals surface area contributed by atoms with E-state index in [-0.39, 0.29) is 22.8 Å². The van der Waals surface area contributed by atoms with Gasteiger partial charge in [-0.25, -0.2) is 21.2 Å². The van der Waals surface area contributed by atoms with Gasteiger partial charge in [-0.15, -0.1) is 0 Å². The molecular weight excluding hydrogens is 447 g/mol. The van der Waals surface area contributed by atoms with E-state index in [0.29, 0.717) is 31.9 Å². The Morgan fingerprint density at radius 2 is 1.52 bits per heavy atom. The average molecular weight is 471 g/mol. The fraction of sp³-hybridized carbons (Fsp3) is 0.350. The van der Waals surface area contributed by atoms with Crippen LogP contribution in [0.5, 0.6) is 0 Å². The molecule has 1 N–H and O–H groups in total. The summed E-state index contributed by atoms with van der Waals surface area (Å²) in [5.41, 5.74) is 0.677. The van der Waals surface area contributed by atoms with Crippen LogP contribution in [0.4, 0.5) is 4.39 Å². The second-order valence-corrected chi connectivity index (χ2v) is 11.0. The van der Waals surface area contributed by atoms with E-state index in [4.69, 9.17) is 4.74 Å². The lowest BCUT2D eigenvalue weighted by atomic mass is 10.2. The van der Waals surface area contributed by atoms with Gasteiger partial charge in [0.1, 0.15) is 5.82 Å². The Morgan fingerprint density at radius 1 is 0.935 bits per heavy atom. The lowest BCUT2D eigenvalue weighted by Crippen LogP contribution is -2.40. The number of hydrogen-bond donors (Lipinski definition) is 1. The highest BCUT2D eigenvalue weighted by atomic mass is 32.2. The van der Waals surface area contributed by atoms with Crippen LogP contribution in [0.2, 0.25) is 0 Å². The molecule has 1 amide bonds. The van der Waals surface area contributed by atoms with Crippen molar-refractivity contribution in [3.8, 4) is 0 Å². The van der Waals surface area contributed by atoms with Crippen LogP contribution in [-0.4, -0.2) is 59.1 Å². The summed E-state index contributed by atoms with van der Waals surface area (Å²) >= 11 is 0. The molecular formula is C20H23FN2O6S2. The Balaban J connectivity index is 1.51. The van der Waals surface area contributed by atoms with Crippen molar-refractivity contribution in [3.05, 3.63) is 59.9 Å². The van der Waals surface area contributed by atoms with Gasteiger partial charge >= 0.3 is 0 Å². The largest absolute Gasteiger partial charge is 0.379 e. The molecule has 0 bridgehead atoms. The molecule has 0 unspecified atom stereocenters. The second-order valence-electron chi connectivity index (χ2n) is 6.96. The van der Waals surface area contributed by atoms with Crippen molar-refractivity contribution < 1.29 is 30.8 Å². The first-order chi connectivity index (χ1) is 14.7. The summed E-state index contributed by atoms with van der Waals surface area (Å²) < 4.78 is 69.1. The fourth-order valence-electron chi connectivity index (χ4n) is 2.99. The number of morpholine rings is 1. The topological polar surface area (TPSA) is 110 Å². The van der Waals surface area contributed by atoms with E-state index in [1.54, 1.807) is 12.1 Å². The molecule has 8 nitrogen and oxygen atoms in total. The van der Waals surface area contributed by atoms with Crippen LogP contribution < -0.4 is 5.32 Å². The zero-order valence-electron chi connectivity index (χ0n) is 16.7. The highest BCUT2D eigenvalue weighted by Gasteiger charge is 2.26. The van der Waals surface area contributed by atoms with Crippen molar-refractivity contribution in [1.82, 2.24) is 9.62 Å². The van der Waals surface area contributed by atoms with Crippen molar-refractivity contribution in [1.29, 1.82) is 0 Å². The molecule has 1 fully saturated rings. The first-order valence-electron chi connectivity index (χ1n) is 9.60. The van der Waals surface area contributed by atoms with Crippen LogP contribution in [-0.2, 0) is 35.9 Å². The van der Waals surface area contributed by atoms with E-state index >= 15 is 0 Å². The normalized spacial score (nSPS) is 15.5. The lowest BCUT2D eigenvalue weighted by molar-refractivity contribution is -0.120. The quantitative estimate of drug-likeness (QED) is 0.583. The average Bonchev–Trinajstić information content (AvgIpc) is 2.77. The Hall–Kier alpha value is -2.34. The molecule has 0 saturated carbocycles. The Labute approximate surface area is 181 Å². The molecule has 1 aliphatic heterocycles. The molecule has 1 saturated heterocycles. The third-order valence-electron chi connectivity index (χ3n) is 4.79. The number of sulfonamides is 1. The summed E-state index contributed by atoms with van der Waals surface area (Å²) in [6, 6.07) is 10.6. The number of nitrogens with zero attached hydrogens (tertiary/aromatic N) is 1. The molecule has 0 atom stereocenters. The van der Waals surface area contributed by atoms with Gasteiger partial charge in [-0.2, -0.15) is 4.31 Å². The van der Waals surface area contributed by atoms with Gasteiger partial charge in [-0.05, 0) is 42.0 Å². The monoisotopic (exact) mass is 470 g/mol. The number of carbonyl (C=O) groups is 1. The van der Waals surface area contributed by atoms with Gasteiger partial charge in [0.05, 0.1) is 28.8 Å². The van der Waals surface area contributed by atoms with E-state index < -0.39 is 37.3 Å². The van der Waals surface area contributed by atoms with Crippen LogP contribution in [0.3, 0.4) is 0 Å². The van der Waals surface area contributed by atoms with Crippen molar-refractivity contribution in [2.75, 3.05) is 32.1 Å². The third kappa shape index (κ3) is 6.10. The van der Waals surface area contributed by atoms with Crippen molar-refractivity contribution >= 4 is 25.8 Å². The summed E-state index contributed by atoms with van der Waals surface area (Å²) in [7, 11) is -7.28. The number of halogens is 1. The number of rotatable bonds is 8. The highest BCUT2D eigenvalue weighted by molar-refractivity contribution is 7.91. The van der Waals surface area contributed by atoms with E-state index in [1.807, 2.05) is 0 Å². The second kappa shape index (κ2) is 9.86. The fourth-order valence-corrected chi connectivity index (χ4v) is 5.64. The molecule has 2 aromatic carbocycles. The Morgan fingerprint density at radius 3 is 2.13 bits per heavy atom. The van der Waals surface area contributed by atoms with Gasteiger partial charge in [0.15, 0.2) is 9.84 Å². The number of benzene rings is 2. The summed E-state index contributed by atoms with van der Waals surface area (Å²) in [5.74, 6) is -1.41. The van der Waals surface area contributed by atoms with Crippen LogP contribution in [0.25, 0.3) is 0 Å². The van der Waals surface area contributed by atoms with Crippen LogP contribution in [0.15, 0.2) is 58.3 Å². The first-order valence-corrected chi connectivity index (χ1v) is 12.7. The molecule has 3 rings (SSSR count). The standard InChI is InChI=1S/C20H23FN2O6S2/c21-17-3-7-18(8-4-17)30(25,26)14-9-20(24)22-15-16-1-5-19(6-2-16)31(27,28)23-10-12-29-13-11-23/h1-8H,9-15H2,(H,22,24). The number of amides is 1. The SMILES string of the molecule is O=C(CCS(=O)(=O)c1ccc(F)cc1)NCc1ccc(S(=O)(=O)N2CCOCC2)cc1. The van der Waals surface area contributed by atoms with Crippen molar-refractivity contribution in [2.24, 2.45) is 0 Å². The molecule has 31 heavy (non-hydrogen) atoms. The van der Waals surface area contributed by atoms with Gasteiger partial charge in [-0.1, -0.05) is 12.1 Å². The predicted octanol–water partition coefficient (Wildman–Crippen LogP) is 1.33. The zero-order valence-corrected chi connectivity index (χ0v) is 18.3. The van der Waals surface area contributed by atoms with Crippen molar-refractivity contribution in [2.45, 2.75) is 22.8 Å². The van der Waals surface area contributed by atoms with Crippen LogP contribution >= 0.6 is 0 Å². The lowest BCUT2D eigenvalue weighted by Gasteiger charge is -2.26. The Bertz CT molecular complexity index is 1110. The van der Waals surface area contributed by atoms with Gasteiger partial charge in [0.2, 0.25) is 15.9 Å². The van der Waals surface area contributed by atoms with Gasteiger partial charge in [0.25, 0.3) is 0 Å². The highest BCUT2D eigenvalue weighted by Crippen LogP contribution is 2.18. The molecule has 0 spiro atoms. The van der Waals surface area contributed by atoms with Gasteiger partial charge < -0.3 is 10.1 Å².